The Kier molecular flexibility index (Phi) is 4.79. The number of hydrogen-bond donors (Lipinski definition) is 1. The number of fused-ring (bicyclic) bond motifs is 5. The fourth-order valence-corrected chi connectivity index (χ4v) is 7.44. The SMILES string of the molecule is CCC(C)NC(=O)[C@H]1CC[C@H]2[C@@H]3CCC4=CC(=O)CC[C@]4(C)[C@H]3CC[C@]12C. The average Bonchev–Trinajstić information content (AvgIpc) is 2.99. The van der Waals surface area contributed by atoms with E-state index in [4.69, 9.17) is 0 Å². The Morgan fingerprint density at radius 3 is 2.67 bits per heavy atom. The van der Waals surface area contributed by atoms with Gasteiger partial charge in [-0.15, -0.1) is 0 Å². The summed E-state index contributed by atoms with van der Waals surface area (Å²) in [5.74, 6) is 2.96. The molecule has 1 amide bonds. The quantitative estimate of drug-likeness (QED) is 0.754. The Morgan fingerprint density at radius 2 is 1.93 bits per heavy atom. The van der Waals surface area contributed by atoms with Crippen molar-refractivity contribution >= 4 is 11.7 Å². The van der Waals surface area contributed by atoms with Gasteiger partial charge in [-0.1, -0.05) is 26.3 Å². The number of allylic oxidation sites excluding steroid dienone is 1. The van der Waals surface area contributed by atoms with Crippen LogP contribution in [-0.2, 0) is 9.59 Å². The molecule has 150 valence electrons. The van der Waals surface area contributed by atoms with Crippen molar-refractivity contribution in [3.8, 4) is 0 Å². The van der Waals surface area contributed by atoms with E-state index >= 15 is 0 Å². The summed E-state index contributed by atoms with van der Waals surface area (Å²) in [6.07, 6.45) is 11.8. The standard InChI is InChI=1S/C24H37NO2/c1-5-15(2)25-22(27)21-9-8-19-18-7-6-16-14-17(26)10-12-23(16,3)20(18)11-13-24(19,21)4/h14-15,18-21H,5-13H2,1-4H3,(H,25,27)/t15?,18-,19-,20-,21+,23-,24-/m0/s1. The Labute approximate surface area is 164 Å². The minimum absolute atomic E-state index is 0.167. The van der Waals surface area contributed by atoms with E-state index in [0.717, 1.165) is 38.0 Å². The molecular weight excluding hydrogens is 334 g/mol. The number of carbonyl (C=O) groups excluding carboxylic acids is 2. The molecule has 0 saturated heterocycles. The van der Waals surface area contributed by atoms with Crippen molar-refractivity contribution in [2.24, 2.45) is 34.5 Å². The molecule has 4 rings (SSSR count). The van der Waals surface area contributed by atoms with Crippen LogP contribution in [0.1, 0.15) is 85.5 Å². The van der Waals surface area contributed by atoms with Crippen molar-refractivity contribution in [3.63, 3.8) is 0 Å². The van der Waals surface area contributed by atoms with Crippen LogP contribution in [0.4, 0.5) is 0 Å². The second kappa shape index (κ2) is 6.74. The number of rotatable bonds is 3. The third kappa shape index (κ3) is 2.91. The molecule has 7 atom stereocenters. The lowest BCUT2D eigenvalue weighted by atomic mass is 9.47. The van der Waals surface area contributed by atoms with Gasteiger partial charge in [0.25, 0.3) is 0 Å². The van der Waals surface area contributed by atoms with Gasteiger partial charge in [-0.25, -0.2) is 0 Å². The van der Waals surface area contributed by atoms with Gasteiger partial charge < -0.3 is 5.32 Å². The minimum atomic E-state index is 0.167. The highest BCUT2D eigenvalue weighted by Crippen LogP contribution is 2.66. The molecule has 0 radical (unpaired) electrons. The maximum absolute atomic E-state index is 13.0. The Hall–Kier alpha value is -1.12. The highest BCUT2D eigenvalue weighted by molar-refractivity contribution is 5.91. The lowest BCUT2D eigenvalue weighted by molar-refractivity contribution is -0.133. The molecule has 0 aromatic rings. The summed E-state index contributed by atoms with van der Waals surface area (Å²) in [7, 11) is 0. The van der Waals surface area contributed by atoms with Crippen LogP contribution in [0.5, 0.6) is 0 Å². The van der Waals surface area contributed by atoms with E-state index in [0.29, 0.717) is 23.5 Å². The van der Waals surface area contributed by atoms with Gasteiger partial charge in [-0.3, -0.25) is 9.59 Å². The predicted octanol–water partition coefficient (Wildman–Crippen LogP) is 5.05. The van der Waals surface area contributed by atoms with Crippen LogP contribution in [0.25, 0.3) is 0 Å². The normalized spacial score (nSPS) is 44.6. The van der Waals surface area contributed by atoms with Crippen molar-refractivity contribution in [2.45, 2.75) is 91.5 Å². The molecule has 4 aliphatic carbocycles. The van der Waals surface area contributed by atoms with Gasteiger partial charge in [0.05, 0.1) is 0 Å². The summed E-state index contributed by atoms with van der Waals surface area (Å²) in [5, 5.41) is 3.27. The van der Waals surface area contributed by atoms with Gasteiger partial charge in [-0.05, 0) is 93.0 Å². The summed E-state index contributed by atoms with van der Waals surface area (Å²) >= 11 is 0. The van der Waals surface area contributed by atoms with Crippen LogP contribution in [-0.4, -0.2) is 17.7 Å². The van der Waals surface area contributed by atoms with E-state index in [1.54, 1.807) is 0 Å². The van der Waals surface area contributed by atoms with Gasteiger partial charge in [0.1, 0.15) is 0 Å². The van der Waals surface area contributed by atoms with Crippen molar-refractivity contribution < 1.29 is 9.59 Å². The highest BCUT2D eigenvalue weighted by atomic mass is 16.2. The second-order valence-electron chi connectivity index (χ2n) is 10.5. The van der Waals surface area contributed by atoms with Crippen LogP contribution >= 0.6 is 0 Å². The second-order valence-corrected chi connectivity index (χ2v) is 10.5. The molecule has 3 nitrogen and oxygen atoms in total. The van der Waals surface area contributed by atoms with Crippen LogP contribution < -0.4 is 5.32 Å². The molecule has 1 unspecified atom stereocenters. The topological polar surface area (TPSA) is 46.2 Å². The molecular formula is C24H37NO2. The zero-order valence-electron chi connectivity index (χ0n) is 17.6. The summed E-state index contributed by atoms with van der Waals surface area (Å²) < 4.78 is 0. The predicted molar refractivity (Wildman–Crippen MR) is 108 cm³/mol. The summed E-state index contributed by atoms with van der Waals surface area (Å²) in [6.45, 7) is 9.11. The first-order valence-electron chi connectivity index (χ1n) is 11.3. The van der Waals surface area contributed by atoms with Crippen LogP contribution in [0.15, 0.2) is 11.6 Å². The van der Waals surface area contributed by atoms with Crippen LogP contribution in [0.2, 0.25) is 0 Å². The lowest BCUT2D eigenvalue weighted by Crippen LogP contribution is -2.52. The first kappa shape index (κ1) is 19.2. The molecule has 3 fully saturated rings. The van der Waals surface area contributed by atoms with E-state index in [2.05, 4.69) is 33.0 Å². The Morgan fingerprint density at radius 1 is 1.15 bits per heavy atom. The van der Waals surface area contributed by atoms with Gasteiger partial charge >= 0.3 is 0 Å². The number of amides is 1. The lowest BCUT2D eigenvalue weighted by Gasteiger charge is -2.58. The van der Waals surface area contributed by atoms with Gasteiger partial charge in [0, 0.05) is 18.4 Å². The first-order valence-corrected chi connectivity index (χ1v) is 11.3. The van der Waals surface area contributed by atoms with Crippen molar-refractivity contribution in [1.29, 1.82) is 0 Å². The molecule has 27 heavy (non-hydrogen) atoms. The first-order chi connectivity index (χ1) is 12.8. The molecule has 0 aromatic carbocycles. The smallest absolute Gasteiger partial charge is 0.223 e. The highest BCUT2D eigenvalue weighted by Gasteiger charge is 2.60. The van der Waals surface area contributed by atoms with Crippen LogP contribution in [0.3, 0.4) is 0 Å². The van der Waals surface area contributed by atoms with Crippen LogP contribution in [0, 0.1) is 34.5 Å². The Bertz CT molecular complexity index is 667. The van der Waals surface area contributed by atoms with E-state index in [1.165, 1.54) is 31.3 Å². The van der Waals surface area contributed by atoms with Gasteiger partial charge in [0.2, 0.25) is 5.91 Å². The van der Waals surface area contributed by atoms with E-state index in [9.17, 15) is 9.59 Å². The fraction of sp³-hybridized carbons (Fsp3) is 0.833. The largest absolute Gasteiger partial charge is 0.353 e. The Balaban J connectivity index is 1.56. The van der Waals surface area contributed by atoms with E-state index in [-0.39, 0.29) is 22.8 Å². The minimum Gasteiger partial charge on any atom is -0.353 e. The number of hydrogen-bond acceptors (Lipinski definition) is 2. The summed E-state index contributed by atoms with van der Waals surface area (Å²) in [4.78, 5) is 25.0. The maximum atomic E-state index is 13.0. The number of nitrogens with one attached hydrogen (secondary N) is 1. The molecule has 0 aliphatic heterocycles. The molecule has 1 N–H and O–H groups in total. The molecule has 0 aromatic heterocycles. The molecule has 0 bridgehead atoms. The van der Waals surface area contributed by atoms with Gasteiger partial charge in [-0.2, -0.15) is 0 Å². The monoisotopic (exact) mass is 371 g/mol. The number of carbonyl (C=O) groups is 2. The fourth-order valence-electron chi connectivity index (χ4n) is 7.44. The average molecular weight is 372 g/mol. The van der Waals surface area contributed by atoms with Crippen molar-refractivity contribution in [1.82, 2.24) is 5.32 Å². The molecule has 0 heterocycles. The van der Waals surface area contributed by atoms with Crippen molar-refractivity contribution in [3.05, 3.63) is 11.6 Å². The summed E-state index contributed by atoms with van der Waals surface area (Å²) in [6, 6.07) is 0.276. The molecule has 3 heteroatoms. The number of ketones is 1. The molecule has 0 spiro atoms. The third-order valence-corrected chi connectivity index (χ3v) is 9.28. The van der Waals surface area contributed by atoms with Crippen molar-refractivity contribution in [2.75, 3.05) is 0 Å². The van der Waals surface area contributed by atoms with E-state index < -0.39 is 0 Å². The zero-order chi connectivity index (χ0) is 19.4. The molecule has 4 aliphatic rings. The van der Waals surface area contributed by atoms with E-state index in [1.807, 2.05) is 6.08 Å². The third-order valence-electron chi connectivity index (χ3n) is 9.28. The maximum Gasteiger partial charge on any atom is 0.223 e. The van der Waals surface area contributed by atoms with Gasteiger partial charge in [0.15, 0.2) is 5.78 Å². The zero-order valence-corrected chi connectivity index (χ0v) is 17.6. The summed E-state index contributed by atoms with van der Waals surface area (Å²) in [5.41, 5.74) is 1.84. The molecule has 3 saturated carbocycles.